The van der Waals surface area contributed by atoms with Crippen LogP contribution in [0.25, 0.3) is 0 Å². The average molecular weight is 479 g/mol. The van der Waals surface area contributed by atoms with Gasteiger partial charge in [-0.05, 0) is 53.5 Å². The number of nitrogens with one attached hydrogen (secondary N) is 2. The topological polar surface area (TPSA) is 93.7 Å². The molecule has 9 heteroatoms. The second-order valence-electron chi connectivity index (χ2n) is 9.42. The Bertz CT molecular complexity index is 1110. The van der Waals surface area contributed by atoms with Crippen molar-refractivity contribution in [2.45, 2.75) is 45.6 Å². The highest BCUT2D eigenvalue weighted by Crippen LogP contribution is 2.36. The van der Waals surface area contributed by atoms with Crippen molar-refractivity contribution >= 4 is 21.6 Å². The van der Waals surface area contributed by atoms with Crippen molar-refractivity contribution < 1.29 is 27.1 Å². The monoisotopic (exact) mass is 478 g/mol. The Hall–Kier alpha value is -2.81. The number of hydrogen-bond donors (Lipinski definition) is 2. The first-order valence-electron chi connectivity index (χ1n) is 10.8. The van der Waals surface area contributed by atoms with Crippen LogP contribution in [0, 0.1) is 11.7 Å². The largest absolute Gasteiger partial charge is 0.493 e. The summed E-state index contributed by atoms with van der Waals surface area (Å²) in [5, 5.41) is 2.66. The summed E-state index contributed by atoms with van der Waals surface area (Å²) in [6.45, 7) is 6.92. The van der Waals surface area contributed by atoms with Crippen LogP contribution in [0.2, 0.25) is 0 Å². The minimum Gasteiger partial charge on any atom is -0.493 e. The van der Waals surface area contributed by atoms with E-state index in [1.807, 2.05) is 18.2 Å². The lowest BCUT2D eigenvalue weighted by atomic mass is 9.86. The molecule has 180 valence electrons. The lowest BCUT2D eigenvalue weighted by molar-refractivity contribution is -0.123. The molecule has 0 aromatic heterocycles. The van der Waals surface area contributed by atoms with Gasteiger partial charge in [-0.1, -0.05) is 32.9 Å². The number of carbonyl (C=O) groups excluding carboxylic acids is 1. The van der Waals surface area contributed by atoms with Crippen LogP contribution in [0.15, 0.2) is 36.4 Å². The third-order valence-corrected chi connectivity index (χ3v) is 5.71. The molecule has 2 aromatic carbocycles. The highest BCUT2D eigenvalue weighted by atomic mass is 32.2. The van der Waals surface area contributed by atoms with E-state index in [9.17, 15) is 17.6 Å². The molecule has 33 heavy (non-hydrogen) atoms. The molecule has 0 atom stereocenters. The maximum absolute atomic E-state index is 14.1. The van der Waals surface area contributed by atoms with E-state index in [2.05, 4.69) is 30.8 Å². The first kappa shape index (κ1) is 24.8. The minimum absolute atomic E-state index is 0.0803. The number of halogens is 1. The Morgan fingerprint density at radius 2 is 1.85 bits per heavy atom. The van der Waals surface area contributed by atoms with Gasteiger partial charge in [0, 0.05) is 12.6 Å². The Labute approximate surface area is 194 Å². The number of carbonyl (C=O) groups is 1. The van der Waals surface area contributed by atoms with E-state index < -0.39 is 15.8 Å². The summed E-state index contributed by atoms with van der Waals surface area (Å²) < 4.78 is 50.3. The SMILES string of the molecule is CC(C)(C)c1ccc(OCC(=O)NCc2ccc(NS(C)(=O)=O)c(F)c2)cc1OCC1CC1. The van der Waals surface area contributed by atoms with E-state index in [0.29, 0.717) is 23.8 Å². The van der Waals surface area contributed by atoms with Crippen LogP contribution in [0.3, 0.4) is 0 Å². The first-order chi connectivity index (χ1) is 15.4. The van der Waals surface area contributed by atoms with Crippen molar-refractivity contribution in [1.29, 1.82) is 0 Å². The third-order valence-electron chi connectivity index (χ3n) is 5.12. The Morgan fingerprint density at radius 1 is 1.12 bits per heavy atom. The van der Waals surface area contributed by atoms with E-state index in [-0.39, 0.29) is 30.2 Å². The molecular formula is C24H31FN2O5S. The highest BCUT2D eigenvalue weighted by Gasteiger charge is 2.25. The second-order valence-corrected chi connectivity index (χ2v) is 11.2. The molecule has 2 N–H and O–H groups in total. The Balaban J connectivity index is 1.55. The number of ether oxygens (including phenoxy) is 2. The van der Waals surface area contributed by atoms with Gasteiger partial charge in [-0.25, -0.2) is 12.8 Å². The number of anilines is 1. The molecule has 0 aliphatic heterocycles. The van der Waals surface area contributed by atoms with Gasteiger partial charge in [0.2, 0.25) is 10.0 Å². The molecule has 1 aliphatic carbocycles. The second kappa shape index (κ2) is 9.99. The summed E-state index contributed by atoms with van der Waals surface area (Å²) in [5.41, 5.74) is 1.34. The van der Waals surface area contributed by atoms with Gasteiger partial charge in [0.15, 0.2) is 6.61 Å². The molecule has 0 bridgehead atoms. The molecule has 1 aliphatic rings. The van der Waals surface area contributed by atoms with E-state index >= 15 is 0 Å². The molecule has 0 saturated heterocycles. The van der Waals surface area contributed by atoms with Crippen molar-refractivity contribution in [2.24, 2.45) is 5.92 Å². The predicted octanol–water partition coefficient (Wildman–Crippen LogP) is 3.98. The van der Waals surface area contributed by atoms with E-state index in [0.717, 1.165) is 17.6 Å². The molecule has 0 unspecified atom stereocenters. The number of hydrogen-bond acceptors (Lipinski definition) is 5. The molecular weight excluding hydrogens is 447 g/mol. The van der Waals surface area contributed by atoms with Crippen LogP contribution in [0.4, 0.5) is 10.1 Å². The van der Waals surface area contributed by atoms with Crippen molar-refractivity contribution in [2.75, 3.05) is 24.2 Å². The third kappa shape index (κ3) is 7.92. The average Bonchev–Trinajstić information content (AvgIpc) is 3.54. The van der Waals surface area contributed by atoms with E-state index in [4.69, 9.17) is 9.47 Å². The van der Waals surface area contributed by atoms with Crippen LogP contribution < -0.4 is 19.5 Å². The standard InChI is InChI=1S/C24H31FN2O5S/c1-24(2,3)19-9-8-18(12-22(19)32-14-16-5-6-16)31-15-23(28)26-13-17-7-10-21(20(25)11-17)27-33(4,29)30/h7-12,16,27H,5-6,13-15H2,1-4H3,(H,26,28). The van der Waals surface area contributed by atoms with Crippen molar-refractivity contribution in [3.63, 3.8) is 0 Å². The van der Waals surface area contributed by atoms with Crippen molar-refractivity contribution in [3.05, 3.63) is 53.3 Å². The zero-order valence-corrected chi connectivity index (χ0v) is 20.2. The lowest BCUT2D eigenvalue weighted by Crippen LogP contribution is -2.28. The summed E-state index contributed by atoms with van der Waals surface area (Å²) in [5.74, 6) is 0.834. The predicted molar refractivity (Wildman–Crippen MR) is 126 cm³/mol. The van der Waals surface area contributed by atoms with E-state index in [1.54, 1.807) is 0 Å². The van der Waals surface area contributed by atoms with Crippen molar-refractivity contribution in [3.8, 4) is 11.5 Å². The molecule has 0 heterocycles. The highest BCUT2D eigenvalue weighted by molar-refractivity contribution is 7.92. The van der Waals surface area contributed by atoms with Gasteiger partial charge in [-0.2, -0.15) is 0 Å². The lowest BCUT2D eigenvalue weighted by Gasteiger charge is -2.23. The van der Waals surface area contributed by atoms with Gasteiger partial charge >= 0.3 is 0 Å². The zero-order valence-electron chi connectivity index (χ0n) is 19.4. The van der Waals surface area contributed by atoms with Crippen LogP contribution in [0.1, 0.15) is 44.7 Å². The number of rotatable bonds is 10. The molecule has 0 spiro atoms. The summed E-state index contributed by atoms with van der Waals surface area (Å²) in [4.78, 5) is 12.2. The number of benzene rings is 2. The van der Waals surface area contributed by atoms with Gasteiger partial charge < -0.3 is 14.8 Å². The van der Waals surface area contributed by atoms with Crippen LogP contribution in [-0.4, -0.2) is 33.8 Å². The molecule has 1 saturated carbocycles. The van der Waals surface area contributed by atoms with Crippen LogP contribution in [-0.2, 0) is 26.8 Å². The molecule has 0 radical (unpaired) electrons. The Morgan fingerprint density at radius 3 is 2.45 bits per heavy atom. The number of amides is 1. The molecule has 1 amide bonds. The molecule has 7 nitrogen and oxygen atoms in total. The zero-order chi connectivity index (χ0) is 24.2. The first-order valence-corrected chi connectivity index (χ1v) is 12.7. The van der Waals surface area contributed by atoms with E-state index in [1.165, 1.54) is 31.0 Å². The maximum Gasteiger partial charge on any atom is 0.258 e. The minimum atomic E-state index is -3.58. The summed E-state index contributed by atoms with van der Waals surface area (Å²) in [6.07, 6.45) is 3.34. The molecule has 3 rings (SSSR count). The fraction of sp³-hybridized carbons (Fsp3) is 0.458. The van der Waals surface area contributed by atoms with Gasteiger partial charge in [0.1, 0.15) is 17.3 Å². The normalized spacial score (nSPS) is 14.0. The maximum atomic E-state index is 14.1. The molecule has 2 aromatic rings. The fourth-order valence-electron chi connectivity index (χ4n) is 3.18. The summed E-state index contributed by atoms with van der Waals surface area (Å²) in [6, 6.07) is 9.62. The quantitative estimate of drug-likeness (QED) is 0.539. The van der Waals surface area contributed by atoms with Gasteiger partial charge in [0.25, 0.3) is 5.91 Å². The van der Waals surface area contributed by atoms with Crippen molar-refractivity contribution in [1.82, 2.24) is 5.32 Å². The van der Waals surface area contributed by atoms with Crippen LogP contribution >= 0.6 is 0 Å². The summed E-state index contributed by atoms with van der Waals surface area (Å²) >= 11 is 0. The smallest absolute Gasteiger partial charge is 0.258 e. The van der Waals surface area contributed by atoms with Gasteiger partial charge in [-0.15, -0.1) is 0 Å². The Kier molecular flexibility index (Phi) is 7.51. The van der Waals surface area contributed by atoms with Gasteiger partial charge in [-0.3, -0.25) is 9.52 Å². The van der Waals surface area contributed by atoms with Gasteiger partial charge in [0.05, 0.1) is 18.6 Å². The van der Waals surface area contributed by atoms with Crippen LogP contribution in [0.5, 0.6) is 11.5 Å². The summed E-state index contributed by atoms with van der Waals surface area (Å²) in [7, 11) is -3.58. The number of sulfonamides is 1. The fourth-order valence-corrected chi connectivity index (χ4v) is 3.74. The molecule has 1 fully saturated rings.